The largest absolute Gasteiger partial charge is 0.379 e. The van der Waals surface area contributed by atoms with Crippen LogP contribution in [0.1, 0.15) is 12.0 Å². The summed E-state index contributed by atoms with van der Waals surface area (Å²) in [6, 6.07) is 9.77. The van der Waals surface area contributed by atoms with Gasteiger partial charge in [-0.3, -0.25) is 4.90 Å². The molecule has 8 nitrogen and oxygen atoms in total. The molecule has 0 radical (unpaired) electrons. The second kappa shape index (κ2) is 12.0. The van der Waals surface area contributed by atoms with E-state index in [1.165, 1.54) is 22.1 Å². The Kier molecular flexibility index (Phi) is 8.70. The van der Waals surface area contributed by atoms with Crippen molar-refractivity contribution in [3.63, 3.8) is 0 Å². The van der Waals surface area contributed by atoms with Gasteiger partial charge in [0.25, 0.3) is 0 Å². The summed E-state index contributed by atoms with van der Waals surface area (Å²) >= 11 is 7.65. The summed E-state index contributed by atoms with van der Waals surface area (Å²) in [5, 5.41) is 1.08. The third-order valence-corrected chi connectivity index (χ3v) is 9.91. The number of hydrogen-bond donors (Lipinski definition) is 0. The fraction of sp³-hybridized carbons (Fsp3) is 0.480. The monoisotopic (exact) mass is 568 g/mol. The highest BCUT2D eigenvalue weighted by Gasteiger charge is 2.27. The van der Waals surface area contributed by atoms with E-state index in [0.717, 1.165) is 44.8 Å². The lowest BCUT2D eigenvalue weighted by atomic mass is 10.2. The summed E-state index contributed by atoms with van der Waals surface area (Å²) in [5.74, 6) is -0.0362. The first-order chi connectivity index (χ1) is 17.9. The van der Waals surface area contributed by atoms with E-state index in [9.17, 15) is 12.8 Å². The molecule has 2 aromatic carbocycles. The first kappa shape index (κ1) is 26.9. The lowest BCUT2D eigenvalue weighted by Gasteiger charge is -2.26. The van der Waals surface area contributed by atoms with Crippen LogP contribution < -0.4 is 0 Å². The maximum atomic E-state index is 14.4. The van der Waals surface area contributed by atoms with Gasteiger partial charge in [-0.05, 0) is 36.8 Å². The van der Waals surface area contributed by atoms with E-state index in [-0.39, 0.29) is 10.7 Å². The third kappa shape index (κ3) is 6.13. The minimum Gasteiger partial charge on any atom is -0.379 e. The first-order valence-electron chi connectivity index (χ1n) is 12.4. The molecule has 0 amide bonds. The summed E-state index contributed by atoms with van der Waals surface area (Å²) in [4.78, 5) is 7.38. The first-order valence-corrected chi connectivity index (χ1v) is 15.2. The molecule has 37 heavy (non-hydrogen) atoms. The molecule has 2 fully saturated rings. The maximum absolute atomic E-state index is 14.4. The van der Waals surface area contributed by atoms with Crippen LogP contribution in [-0.4, -0.2) is 86.3 Å². The molecule has 5 rings (SSSR count). The third-order valence-electron chi connectivity index (χ3n) is 6.66. The van der Waals surface area contributed by atoms with Crippen molar-refractivity contribution in [2.75, 3.05) is 59.2 Å². The SMILES string of the molecule is O=S(=O)(c1ccc2c(c1)nc(SCc1c(F)cccc1Cl)n2CCCN1CCOCC1)N1CCOCC1. The summed E-state index contributed by atoms with van der Waals surface area (Å²) in [7, 11) is -3.64. The molecule has 12 heteroatoms. The number of morpholine rings is 2. The summed E-state index contributed by atoms with van der Waals surface area (Å²) in [5.41, 5.74) is 1.88. The molecule has 0 bridgehead atoms. The highest BCUT2D eigenvalue weighted by Crippen LogP contribution is 2.32. The van der Waals surface area contributed by atoms with Crippen molar-refractivity contribution >= 4 is 44.4 Å². The Labute approximate surface area is 225 Å². The minimum absolute atomic E-state index is 0.216. The molecular formula is C25H30ClFN4O4S2. The van der Waals surface area contributed by atoms with E-state index in [0.29, 0.717) is 59.9 Å². The number of ether oxygens (including phenoxy) is 2. The number of halogens is 2. The molecule has 1 aromatic heterocycles. The number of sulfonamides is 1. The van der Waals surface area contributed by atoms with Crippen LogP contribution in [0.15, 0.2) is 46.5 Å². The van der Waals surface area contributed by atoms with Crippen LogP contribution in [0.2, 0.25) is 5.02 Å². The van der Waals surface area contributed by atoms with Gasteiger partial charge in [-0.25, -0.2) is 17.8 Å². The van der Waals surface area contributed by atoms with E-state index < -0.39 is 10.0 Å². The van der Waals surface area contributed by atoms with Crippen LogP contribution in [0.3, 0.4) is 0 Å². The molecule has 3 heterocycles. The summed E-state index contributed by atoms with van der Waals surface area (Å²) in [6.45, 7) is 6.41. The van der Waals surface area contributed by atoms with Crippen molar-refractivity contribution < 1.29 is 22.3 Å². The Balaban J connectivity index is 1.42. The molecule has 0 saturated carbocycles. The van der Waals surface area contributed by atoms with Gasteiger partial charge in [-0.15, -0.1) is 0 Å². The zero-order chi connectivity index (χ0) is 25.8. The fourth-order valence-electron chi connectivity index (χ4n) is 4.59. The zero-order valence-corrected chi connectivity index (χ0v) is 22.8. The molecular weight excluding hydrogens is 539 g/mol. The second-order valence-corrected chi connectivity index (χ2v) is 12.3. The van der Waals surface area contributed by atoms with E-state index in [2.05, 4.69) is 9.47 Å². The van der Waals surface area contributed by atoms with Crippen molar-refractivity contribution in [2.24, 2.45) is 0 Å². The predicted octanol–water partition coefficient (Wildman–Crippen LogP) is 3.86. The van der Waals surface area contributed by atoms with E-state index in [1.807, 2.05) is 6.07 Å². The molecule has 0 spiro atoms. The van der Waals surface area contributed by atoms with Crippen LogP contribution in [0, 0.1) is 5.82 Å². The number of rotatable bonds is 9. The number of thioether (sulfide) groups is 1. The van der Waals surface area contributed by atoms with Crippen molar-refractivity contribution in [1.29, 1.82) is 0 Å². The van der Waals surface area contributed by atoms with Crippen LogP contribution in [0.5, 0.6) is 0 Å². The maximum Gasteiger partial charge on any atom is 0.243 e. The van der Waals surface area contributed by atoms with Crippen molar-refractivity contribution in [3.8, 4) is 0 Å². The lowest BCUT2D eigenvalue weighted by molar-refractivity contribution is 0.0369. The van der Waals surface area contributed by atoms with Gasteiger partial charge in [-0.2, -0.15) is 4.31 Å². The standard InChI is InChI=1S/C25H30ClFN4O4S2/c26-21-3-1-4-22(27)20(21)18-36-25-28-23-17-19(37(32,33)30-11-15-35-16-12-30)5-6-24(23)31(25)8-2-7-29-9-13-34-14-10-29/h1,3-6,17H,2,7-16,18H2. The molecule has 0 unspecified atom stereocenters. The normalized spacial score (nSPS) is 18.0. The number of hydrogen-bond acceptors (Lipinski definition) is 7. The molecule has 3 aromatic rings. The van der Waals surface area contributed by atoms with Gasteiger partial charge >= 0.3 is 0 Å². The highest BCUT2D eigenvalue weighted by atomic mass is 35.5. The van der Waals surface area contributed by atoms with Gasteiger partial charge < -0.3 is 14.0 Å². The Morgan fingerprint density at radius 3 is 2.46 bits per heavy atom. The van der Waals surface area contributed by atoms with E-state index >= 15 is 0 Å². The van der Waals surface area contributed by atoms with Gasteiger partial charge in [0.2, 0.25) is 10.0 Å². The van der Waals surface area contributed by atoms with Crippen molar-refractivity contribution in [1.82, 2.24) is 18.8 Å². The van der Waals surface area contributed by atoms with Gasteiger partial charge in [-0.1, -0.05) is 29.4 Å². The lowest BCUT2D eigenvalue weighted by Crippen LogP contribution is -2.40. The molecule has 0 N–H and O–H groups in total. The fourth-order valence-corrected chi connectivity index (χ4v) is 7.41. The van der Waals surface area contributed by atoms with Gasteiger partial charge in [0, 0.05) is 55.6 Å². The van der Waals surface area contributed by atoms with Gasteiger partial charge in [0.15, 0.2) is 5.16 Å². The molecule has 2 aliphatic heterocycles. The Bertz CT molecular complexity index is 1320. The van der Waals surface area contributed by atoms with Crippen LogP contribution in [-0.2, 0) is 31.8 Å². The van der Waals surface area contributed by atoms with Gasteiger partial charge in [0.1, 0.15) is 5.82 Å². The smallest absolute Gasteiger partial charge is 0.243 e. The number of aryl methyl sites for hydroxylation is 1. The average Bonchev–Trinajstić information content (AvgIpc) is 3.26. The minimum atomic E-state index is -3.64. The van der Waals surface area contributed by atoms with Crippen LogP contribution >= 0.6 is 23.4 Å². The second-order valence-electron chi connectivity index (χ2n) is 9.01. The van der Waals surface area contributed by atoms with E-state index in [1.54, 1.807) is 24.3 Å². The number of fused-ring (bicyclic) bond motifs is 1. The summed E-state index contributed by atoms with van der Waals surface area (Å²) in [6.07, 6.45) is 0.896. The quantitative estimate of drug-likeness (QED) is 0.363. The highest BCUT2D eigenvalue weighted by molar-refractivity contribution is 7.98. The van der Waals surface area contributed by atoms with Crippen LogP contribution in [0.25, 0.3) is 11.0 Å². The predicted molar refractivity (Wildman–Crippen MR) is 142 cm³/mol. The number of imidazole rings is 1. The molecule has 2 aliphatic rings. The average molecular weight is 569 g/mol. The van der Waals surface area contributed by atoms with Crippen molar-refractivity contribution in [2.45, 2.75) is 28.8 Å². The Hall–Kier alpha value is -1.73. The topological polar surface area (TPSA) is 76.9 Å². The van der Waals surface area contributed by atoms with Crippen molar-refractivity contribution in [3.05, 3.63) is 52.8 Å². The molecule has 0 aliphatic carbocycles. The Morgan fingerprint density at radius 2 is 1.73 bits per heavy atom. The van der Waals surface area contributed by atoms with Gasteiger partial charge in [0.05, 0.1) is 42.4 Å². The zero-order valence-electron chi connectivity index (χ0n) is 20.4. The van der Waals surface area contributed by atoms with Crippen LogP contribution in [0.4, 0.5) is 4.39 Å². The number of aromatic nitrogens is 2. The Morgan fingerprint density at radius 1 is 1.00 bits per heavy atom. The van der Waals surface area contributed by atoms with E-state index in [4.69, 9.17) is 26.1 Å². The molecule has 200 valence electrons. The number of nitrogens with zero attached hydrogens (tertiary/aromatic N) is 4. The molecule has 0 atom stereocenters. The molecule has 2 saturated heterocycles. The number of benzene rings is 2. The summed E-state index contributed by atoms with van der Waals surface area (Å²) < 4.78 is 55.1.